The highest BCUT2D eigenvalue weighted by atomic mass is 16.5. The highest BCUT2D eigenvalue weighted by molar-refractivity contribution is 4.90. The maximum Gasteiger partial charge on any atom is 0.0639 e. The summed E-state index contributed by atoms with van der Waals surface area (Å²) in [6.45, 7) is 6.92. The van der Waals surface area contributed by atoms with Crippen LogP contribution in [0.15, 0.2) is 11.8 Å². The first-order valence-electron chi connectivity index (χ1n) is 3.92. The van der Waals surface area contributed by atoms with Crippen molar-refractivity contribution in [2.75, 3.05) is 26.3 Å². The second kappa shape index (κ2) is 7.57. The van der Waals surface area contributed by atoms with Crippen molar-refractivity contribution in [1.29, 1.82) is 0 Å². The van der Waals surface area contributed by atoms with Crippen molar-refractivity contribution >= 4 is 0 Å². The monoisotopic (exact) mass is 158 g/mol. The molecule has 0 aliphatic rings. The van der Waals surface area contributed by atoms with E-state index in [1.165, 1.54) is 5.57 Å². The van der Waals surface area contributed by atoms with Crippen LogP contribution in [0.2, 0.25) is 0 Å². The summed E-state index contributed by atoms with van der Waals surface area (Å²) < 4.78 is 5.15. The number of hydrogen-bond donors (Lipinski definition) is 2. The molecule has 0 saturated heterocycles. The fraction of sp³-hybridized carbons (Fsp3) is 0.750. The van der Waals surface area contributed by atoms with Crippen molar-refractivity contribution in [2.24, 2.45) is 5.73 Å². The van der Waals surface area contributed by atoms with E-state index in [0.29, 0.717) is 13.2 Å². The summed E-state index contributed by atoms with van der Waals surface area (Å²) in [7, 11) is 0. The van der Waals surface area contributed by atoms with Crippen LogP contribution in [-0.2, 0) is 4.74 Å². The lowest BCUT2D eigenvalue weighted by molar-refractivity contribution is 0.145. The van der Waals surface area contributed by atoms with Crippen LogP contribution in [0.1, 0.15) is 13.8 Å². The fourth-order valence-electron chi connectivity index (χ4n) is 0.593. The lowest BCUT2D eigenvalue weighted by atomic mass is 10.4. The maximum absolute atomic E-state index is 5.23. The zero-order chi connectivity index (χ0) is 8.53. The van der Waals surface area contributed by atoms with Crippen LogP contribution in [0.3, 0.4) is 0 Å². The molecular weight excluding hydrogens is 140 g/mol. The number of nitrogens with two attached hydrogens (primary N) is 1. The molecule has 0 aliphatic carbocycles. The second-order valence-corrected chi connectivity index (χ2v) is 2.58. The Balaban J connectivity index is 2.97. The Bertz CT molecular complexity index is 109. The van der Waals surface area contributed by atoms with Gasteiger partial charge in [0.1, 0.15) is 0 Å². The number of nitrogens with one attached hydrogen (secondary N) is 1. The molecule has 0 rings (SSSR count). The van der Waals surface area contributed by atoms with E-state index in [0.717, 1.165) is 13.2 Å². The number of allylic oxidation sites excluding steroid dienone is 1. The van der Waals surface area contributed by atoms with E-state index in [1.54, 1.807) is 0 Å². The maximum atomic E-state index is 5.23. The van der Waals surface area contributed by atoms with Crippen LogP contribution in [0.4, 0.5) is 0 Å². The first-order chi connectivity index (χ1) is 5.27. The molecule has 0 unspecified atom stereocenters. The number of hydrogen-bond acceptors (Lipinski definition) is 3. The van der Waals surface area contributed by atoms with Crippen molar-refractivity contribution < 1.29 is 4.74 Å². The Morgan fingerprint density at radius 1 is 1.45 bits per heavy atom. The number of ether oxygens (including phenoxy) is 1. The predicted octanol–water partition coefficient (Wildman–Crippen LogP) is 0.475. The number of rotatable bonds is 6. The molecule has 0 radical (unpaired) electrons. The van der Waals surface area contributed by atoms with Gasteiger partial charge in [0, 0.05) is 13.1 Å². The molecule has 3 nitrogen and oxygen atoms in total. The molecule has 0 aromatic rings. The van der Waals surface area contributed by atoms with E-state index in [1.807, 2.05) is 20.0 Å². The summed E-state index contributed by atoms with van der Waals surface area (Å²) in [6.07, 6.45) is 1.98. The van der Waals surface area contributed by atoms with Crippen LogP contribution in [0.5, 0.6) is 0 Å². The van der Waals surface area contributed by atoms with Gasteiger partial charge in [0.05, 0.1) is 13.2 Å². The molecule has 3 N–H and O–H groups in total. The largest absolute Gasteiger partial charge is 0.389 e. The summed E-state index contributed by atoms with van der Waals surface area (Å²) in [5.41, 5.74) is 6.50. The standard InChI is InChI=1S/C8H18N2O/c1-8(2)7-10-4-6-11-5-3-9/h7,10H,3-6,9H2,1-2H3. The van der Waals surface area contributed by atoms with E-state index in [9.17, 15) is 0 Å². The molecule has 66 valence electrons. The molecule has 0 atom stereocenters. The van der Waals surface area contributed by atoms with Crippen molar-refractivity contribution in [2.45, 2.75) is 13.8 Å². The normalized spacial score (nSPS) is 9.36. The van der Waals surface area contributed by atoms with Gasteiger partial charge in [0.2, 0.25) is 0 Å². The van der Waals surface area contributed by atoms with Crippen molar-refractivity contribution in [1.82, 2.24) is 5.32 Å². The van der Waals surface area contributed by atoms with E-state index in [4.69, 9.17) is 10.5 Å². The molecule has 0 amide bonds. The average molecular weight is 158 g/mol. The molecule has 0 aromatic heterocycles. The van der Waals surface area contributed by atoms with Crippen LogP contribution in [-0.4, -0.2) is 26.3 Å². The van der Waals surface area contributed by atoms with Gasteiger partial charge in [0.25, 0.3) is 0 Å². The Morgan fingerprint density at radius 2 is 2.18 bits per heavy atom. The van der Waals surface area contributed by atoms with E-state index in [-0.39, 0.29) is 0 Å². The highest BCUT2D eigenvalue weighted by Gasteiger charge is 1.83. The van der Waals surface area contributed by atoms with E-state index >= 15 is 0 Å². The fourth-order valence-corrected chi connectivity index (χ4v) is 0.593. The van der Waals surface area contributed by atoms with Gasteiger partial charge in [0.15, 0.2) is 0 Å². The Hall–Kier alpha value is -0.540. The predicted molar refractivity (Wildman–Crippen MR) is 47.3 cm³/mol. The molecule has 0 bridgehead atoms. The van der Waals surface area contributed by atoms with Gasteiger partial charge in [-0.2, -0.15) is 0 Å². The SMILES string of the molecule is CC(C)=CNCCOCCN. The van der Waals surface area contributed by atoms with Gasteiger partial charge < -0.3 is 15.8 Å². The van der Waals surface area contributed by atoms with Gasteiger partial charge in [-0.05, 0) is 20.0 Å². The van der Waals surface area contributed by atoms with Gasteiger partial charge in [-0.25, -0.2) is 0 Å². The summed E-state index contributed by atoms with van der Waals surface area (Å²) in [5.74, 6) is 0. The third kappa shape index (κ3) is 9.46. The van der Waals surface area contributed by atoms with Crippen LogP contribution in [0.25, 0.3) is 0 Å². The minimum Gasteiger partial charge on any atom is -0.389 e. The van der Waals surface area contributed by atoms with Crippen LogP contribution < -0.4 is 11.1 Å². The van der Waals surface area contributed by atoms with E-state index < -0.39 is 0 Å². The molecule has 0 aromatic carbocycles. The van der Waals surface area contributed by atoms with E-state index in [2.05, 4.69) is 5.32 Å². The quantitative estimate of drug-likeness (QED) is 0.553. The van der Waals surface area contributed by atoms with Crippen LogP contribution in [0, 0.1) is 0 Å². The zero-order valence-corrected chi connectivity index (χ0v) is 7.39. The summed E-state index contributed by atoms with van der Waals surface area (Å²) in [4.78, 5) is 0. The molecule has 3 heteroatoms. The van der Waals surface area contributed by atoms with Gasteiger partial charge in [-0.3, -0.25) is 0 Å². The Morgan fingerprint density at radius 3 is 2.73 bits per heavy atom. The smallest absolute Gasteiger partial charge is 0.0639 e. The third-order valence-corrected chi connectivity index (χ3v) is 1.04. The topological polar surface area (TPSA) is 47.3 Å². The highest BCUT2D eigenvalue weighted by Crippen LogP contribution is 1.82. The second-order valence-electron chi connectivity index (χ2n) is 2.58. The van der Waals surface area contributed by atoms with Crippen LogP contribution >= 0.6 is 0 Å². The first kappa shape index (κ1) is 10.5. The molecule has 11 heavy (non-hydrogen) atoms. The van der Waals surface area contributed by atoms with Crippen molar-refractivity contribution in [3.05, 3.63) is 11.8 Å². The first-order valence-corrected chi connectivity index (χ1v) is 3.92. The molecule has 0 aliphatic heterocycles. The summed E-state index contributed by atoms with van der Waals surface area (Å²) in [5, 5.41) is 3.12. The molecule has 0 saturated carbocycles. The van der Waals surface area contributed by atoms with Gasteiger partial charge in [-0.15, -0.1) is 0 Å². The molecule has 0 fully saturated rings. The Labute approximate surface area is 68.6 Å². The minimum atomic E-state index is 0.600. The van der Waals surface area contributed by atoms with Gasteiger partial charge >= 0.3 is 0 Å². The average Bonchev–Trinajstić information content (AvgIpc) is 1.96. The Kier molecular flexibility index (Phi) is 7.19. The summed E-state index contributed by atoms with van der Waals surface area (Å²) >= 11 is 0. The lowest BCUT2D eigenvalue weighted by Crippen LogP contribution is -2.17. The summed E-state index contributed by atoms with van der Waals surface area (Å²) in [6, 6.07) is 0. The minimum absolute atomic E-state index is 0.600. The van der Waals surface area contributed by atoms with Gasteiger partial charge in [-0.1, -0.05) is 5.57 Å². The van der Waals surface area contributed by atoms with Crippen molar-refractivity contribution in [3.63, 3.8) is 0 Å². The molecular formula is C8H18N2O. The van der Waals surface area contributed by atoms with Crippen molar-refractivity contribution in [3.8, 4) is 0 Å². The zero-order valence-electron chi connectivity index (χ0n) is 7.39. The molecule has 0 heterocycles. The third-order valence-electron chi connectivity index (χ3n) is 1.04. The lowest BCUT2D eigenvalue weighted by Gasteiger charge is -2.02. The molecule has 0 spiro atoms.